The van der Waals surface area contributed by atoms with E-state index in [0.717, 1.165) is 24.5 Å². The van der Waals surface area contributed by atoms with Crippen LogP contribution in [-0.2, 0) is 10.2 Å². The zero-order chi connectivity index (χ0) is 15.3. The number of hydrogen-bond donors (Lipinski definition) is 0. The summed E-state index contributed by atoms with van der Waals surface area (Å²) in [5, 5.41) is 8.96. The first-order valence-corrected chi connectivity index (χ1v) is 7.72. The van der Waals surface area contributed by atoms with Crippen molar-refractivity contribution >= 4 is 17.3 Å². The van der Waals surface area contributed by atoms with Crippen molar-refractivity contribution in [2.75, 3.05) is 31.2 Å². The third-order valence-electron chi connectivity index (χ3n) is 4.71. The van der Waals surface area contributed by atoms with Crippen LogP contribution in [0.15, 0.2) is 16.7 Å². The van der Waals surface area contributed by atoms with Crippen LogP contribution in [0.3, 0.4) is 0 Å². The van der Waals surface area contributed by atoms with Gasteiger partial charge in [0.1, 0.15) is 0 Å². The van der Waals surface area contributed by atoms with Crippen molar-refractivity contribution in [3.05, 3.63) is 34.8 Å². The Labute approximate surface area is 133 Å². The van der Waals surface area contributed by atoms with Crippen LogP contribution in [-0.4, -0.2) is 41.5 Å². The van der Waals surface area contributed by atoms with E-state index in [1.165, 1.54) is 0 Å². The molecule has 4 heterocycles. The first-order valence-electron chi connectivity index (χ1n) is 7.34. The predicted molar refractivity (Wildman–Crippen MR) is 81.2 cm³/mol. The summed E-state index contributed by atoms with van der Waals surface area (Å²) in [5.41, 5.74) is 1.62. The summed E-state index contributed by atoms with van der Waals surface area (Å²) in [7, 11) is 0. The van der Waals surface area contributed by atoms with Crippen molar-refractivity contribution in [2.45, 2.75) is 19.3 Å². The molecule has 0 bridgehead atoms. The topological polar surface area (TPSA) is 64.3 Å². The molecule has 4 rings (SSSR count). The highest BCUT2D eigenvalue weighted by Gasteiger charge is 2.55. The Bertz CT molecular complexity index is 719. The lowest BCUT2D eigenvalue weighted by Gasteiger charge is -2.24. The number of halogens is 1. The van der Waals surface area contributed by atoms with Gasteiger partial charge in [-0.2, -0.15) is 0 Å². The summed E-state index contributed by atoms with van der Waals surface area (Å²) in [6, 6.07) is 1.96. The van der Waals surface area contributed by atoms with Crippen molar-refractivity contribution < 1.29 is 9.15 Å². The van der Waals surface area contributed by atoms with E-state index in [2.05, 4.69) is 20.1 Å². The average molecular weight is 321 g/mol. The Kier molecular flexibility index (Phi) is 3.13. The molecule has 2 aromatic rings. The maximum absolute atomic E-state index is 6.44. The van der Waals surface area contributed by atoms with Crippen LogP contribution in [0.4, 0.5) is 5.69 Å². The molecule has 7 heteroatoms. The third kappa shape index (κ3) is 1.94. The quantitative estimate of drug-likeness (QED) is 0.844. The fourth-order valence-electron chi connectivity index (χ4n) is 3.50. The van der Waals surface area contributed by atoms with Gasteiger partial charge in [-0.3, -0.25) is 4.98 Å². The van der Waals surface area contributed by atoms with E-state index < -0.39 is 0 Å². The molecule has 2 fully saturated rings. The molecule has 0 radical (unpaired) electrons. The number of hydrogen-bond acceptors (Lipinski definition) is 6. The van der Waals surface area contributed by atoms with E-state index in [-0.39, 0.29) is 5.41 Å². The number of nitrogens with zero attached hydrogens (tertiary/aromatic N) is 4. The lowest BCUT2D eigenvalue weighted by Crippen LogP contribution is -2.36. The van der Waals surface area contributed by atoms with Gasteiger partial charge in [-0.05, 0) is 13.0 Å². The monoisotopic (exact) mass is 320 g/mol. The molecule has 0 spiro atoms. The SMILES string of the molecule is Cc1nnc([C@@]23COC[C@@H]2CN(c2ccnc(C)c2Cl)C3)o1. The Hall–Kier alpha value is -1.66. The van der Waals surface area contributed by atoms with Crippen molar-refractivity contribution in [3.63, 3.8) is 0 Å². The number of ether oxygens (including phenoxy) is 1. The van der Waals surface area contributed by atoms with Crippen LogP contribution in [0.25, 0.3) is 0 Å². The minimum atomic E-state index is -0.234. The molecule has 0 aliphatic carbocycles. The second-order valence-corrected chi connectivity index (χ2v) is 6.48. The van der Waals surface area contributed by atoms with Crippen LogP contribution in [0.5, 0.6) is 0 Å². The number of aromatic nitrogens is 3. The van der Waals surface area contributed by atoms with Gasteiger partial charge in [0.15, 0.2) is 0 Å². The summed E-state index contributed by atoms with van der Waals surface area (Å²) < 4.78 is 11.5. The predicted octanol–water partition coefficient (Wildman–Crippen LogP) is 2.14. The fraction of sp³-hybridized carbons (Fsp3) is 0.533. The van der Waals surface area contributed by atoms with Crippen molar-refractivity contribution in [3.8, 4) is 0 Å². The zero-order valence-corrected chi connectivity index (χ0v) is 13.3. The van der Waals surface area contributed by atoms with Gasteiger partial charge in [0.05, 0.1) is 35.0 Å². The van der Waals surface area contributed by atoms with Gasteiger partial charge in [-0.25, -0.2) is 0 Å². The van der Waals surface area contributed by atoms with Gasteiger partial charge in [-0.1, -0.05) is 11.6 Å². The Morgan fingerprint density at radius 2 is 2.23 bits per heavy atom. The van der Waals surface area contributed by atoms with E-state index in [1.807, 2.05) is 19.9 Å². The molecule has 0 aromatic carbocycles. The van der Waals surface area contributed by atoms with Crippen LogP contribution in [0.1, 0.15) is 17.5 Å². The van der Waals surface area contributed by atoms with Gasteiger partial charge in [0.25, 0.3) is 0 Å². The van der Waals surface area contributed by atoms with E-state index >= 15 is 0 Å². The molecule has 0 unspecified atom stereocenters. The molecule has 0 amide bonds. The Balaban J connectivity index is 1.72. The molecule has 6 nitrogen and oxygen atoms in total. The normalized spacial score (nSPS) is 27.4. The minimum absolute atomic E-state index is 0.234. The van der Waals surface area contributed by atoms with Crippen LogP contribution in [0, 0.1) is 19.8 Å². The summed E-state index contributed by atoms with van der Waals surface area (Å²) in [6.45, 7) is 6.68. The molecular weight excluding hydrogens is 304 g/mol. The largest absolute Gasteiger partial charge is 0.425 e. The highest BCUT2D eigenvalue weighted by atomic mass is 35.5. The van der Waals surface area contributed by atoms with Crippen molar-refractivity contribution in [1.82, 2.24) is 15.2 Å². The van der Waals surface area contributed by atoms with Crippen LogP contribution < -0.4 is 4.90 Å². The number of pyridine rings is 1. The zero-order valence-electron chi connectivity index (χ0n) is 12.5. The summed E-state index contributed by atoms with van der Waals surface area (Å²) in [5.74, 6) is 1.60. The van der Waals surface area contributed by atoms with E-state index in [9.17, 15) is 0 Å². The lowest BCUT2D eigenvalue weighted by molar-refractivity contribution is 0.166. The second-order valence-electron chi connectivity index (χ2n) is 6.10. The Morgan fingerprint density at radius 1 is 1.36 bits per heavy atom. The molecule has 116 valence electrons. The average Bonchev–Trinajstić information content (AvgIpc) is 3.15. The van der Waals surface area contributed by atoms with Gasteiger partial charge < -0.3 is 14.1 Å². The van der Waals surface area contributed by atoms with E-state index in [0.29, 0.717) is 35.9 Å². The molecule has 2 aliphatic rings. The maximum atomic E-state index is 6.44. The van der Waals surface area contributed by atoms with Gasteiger partial charge in [0, 0.05) is 32.1 Å². The molecule has 2 saturated heterocycles. The van der Waals surface area contributed by atoms with Gasteiger partial charge in [0.2, 0.25) is 11.8 Å². The molecule has 22 heavy (non-hydrogen) atoms. The van der Waals surface area contributed by atoms with Gasteiger partial charge >= 0.3 is 0 Å². The smallest absolute Gasteiger partial charge is 0.227 e. The van der Waals surface area contributed by atoms with Crippen molar-refractivity contribution in [2.24, 2.45) is 5.92 Å². The first-order chi connectivity index (χ1) is 10.6. The highest BCUT2D eigenvalue weighted by molar-refractivity contribution is 6.33. The summed E-state index contributed by atoms with van der Waals surface area (Å²) >= 11 is 6.44. The molecular formula is C15H17ClN4O2. The molecule has 2 aliphatic heterocycles. The summed E-state index contributed by atoms with van der Waals surface area (Å²) in [4.78, 5) is 6.52. The molecule has 2 aromatic heterocycles. The van der Waals surface area contributed by atoms with Crippen LogP contribution >= 0.6 is 11.6 Å². The highest BCUT2D eigenvalue weighted by Crippen LogP contribution is 2.45. The lowest BCUT2D eigenvalue weighted by atomic mass is 9.81. The number of fused-ring (bicyclic) bond motifs is 1. The first kappa shape index (κ1) is 14.0. The maximum Gasteiger partial charge on any atom is 0.227 e. The number of anilines is 1. The number of rotatable bonds is 2. The molecule has 0 saturated carbocycles. The van der Waals surface area contributed by atoms with E-state index in [1.54, 1.807) is 6.20 Å². The fourth-order valence-corrected chi connectivity index (χ4v) is 3.73. The number of aryl methyl sites for hydroxylation is 2. The standard InChI is InChI=1S/C15H17ClN4O2/c1-9-13(16)12(3-4-17-9)20-5-11-6-21-8-15(11,7-20)14-19-18-10(2)22-14/h3-4,11H,5-8H2,1-2H3/t11-,15-/m0/s1. The van der Waals surface area contributed by atoms with Crippen molar-refractivity contribution in [1.29, 1.82) is 0 Å². The third-order valence-corrected chi connectivity index (χ3v) is 5.18. The van der Waals surface area contributed by atoms with Crippen LogP contribution in [0.2, 0.25) is 5.02 Å². The molecule has 0 N–H and O–H groups in total. The summed E-state index contributed by atoms with van der Waals surface area (Å²) in [6.07, 6.45) is 1.80. The second kappa shape index (κ2) is 4.93. The van der Waals surface area contributed by atoms with E-state index in [4.69, 9.17) is 20.8 Å². The molecule has 2 atom stereocenters. The van der Waals surface area contributed by atoms with Gasteiger partial charge in [-0.15, -0.1) is 10.2 Å². The Morgan fingerprint density at radius 3 is 3.00 bits per heavy atom. The minimum Gasteiger partial charge on any atom is -0.425 e.